The number of methoxy groups -OCH3 is 2. The lowest BCUT2D eigenvalue weighted by Crippen LogP contribution is -2.49. The first-order chi connectivity index (χ1) is 14.5. The molecule has 0 saturated carbocycles. The minimum absolute atomic E-state index is 0.0474. The maximum Gasteiger partial charge on any atom is 0.227 e. The molecule has 6 heteroatoms. The van der Waals surface area contributed by atoms with Crippen molar-refractivity contribution in [1.82, 2.24) is 5.32 Å². The zero-order valence-corrected chi connectivity index (χ0v) is 17.9. The molecule has 1 aliphatic heterocycles. The van der Waals surface area contributed by atoms with E-state index in [1.165, 1.54) is 12.1 Å². The smallest absolute Gasteiger partial charge is 0.227 e. The Morgan fingerprint density at radius 3 is 2.50 bits per heavy atom. The quantitative estimate of drug-likeness (QED) is 0.708. The van der Waals surface area contributed by atoms with E-state index in [4.69, 9.17) is 14.2 Å². The molecular weight excluding hydrogens is 385 g/mol. The molecule has 0 spiro atoms. The maximum absolute atomic E-state index is 13.7. The molecule has 30 heavy (non-hydrogen) atoms. The first-order valence-corrected chi connectivity index (χ1v) is 10.3. The van der Waals surface area contributed by atoms with Crippen LogP contribution in [0.4, 0.5) is 4.39 Å². The Morgan fingerprint density at radius 1 is 1.17 bits per heavy atom. The Labute approximate surface area is 177 Å². The number of benzene rings is 2. The van der Waals surface area contributed by atoms with Gasteiger partial charge < -0.3 is 19.5 Å². The third-order valence-corrected chi connectivity index (χ3v) is 5.69. The summed E-state index contributed by atoms with van der Waals surface area (Å²) < 4.78 is 29.8. The molecule has 0 bridgehead atoms. The molecule has 5 nitrogen and oxygen atoms in total. The lowest BCUT2D eigenvalue weighted by Gasteiger charge is -2.37. The minimum atomic E-state index is -0.502. The third-order valence-electron chi connectivity index (χ3n) is 5.69. The molecule has 2 aromatic carbocycles. The van der Waals surface area contributed by atoms with Crippen LogP contribution in [0.1, 0.15) is 25.3 Å². The largest absolute Gasteiger partial charge is 0.496 e. The fourth-order valence-corrected chi connectivity index (χ4v) is 4.01. The topological polar surface area (TPSA) is 56.8 Å². The van der Waals surface area contributed by atoms with Crippen molar-refractivity contribution in [2.45, 2.75) is 32.2 Å². The molecule has 0 aromatic heterocycles. The molecule has 1 N–H and O–H groups in total. The fourth-order valence-electron chi connectivity index (χ4n) is 4.01. The Kier molecular flexibility index (Phi) is 7.45. The van der Waals surface area contributed by atoms with Gasteiger partial charge in [-0.15, -0.1) is 0 Å². The van der Waals surface area contributed by atoms with E-state index in [0.717, 1.165) is 11.1 Å². The van der Waals surface area contributed by atoms with Crippen LogP contribution in [0.2, 0.25) is 0 Å². The molecular formula is C24H30FNO4. The highest BCUT2D eigenvalue weighted by molar-refractivity contribution is 5.83. The lowest BCUT2D eigenvalue weighted by atomic mass is 9.74. The van der Waals surface area contributed by atoms with Crippen molar-refractivity contribution in [3.8, 4) is 16.9 Å². The van der Waals surface area contributed by atoms with Gasteiger partial charge in [-0.05, 0) is 55.5 Å². The van der Waals surface area contributed by atoms with Crippen LogP contribution in [0.25, 0.3) is 11.1 Å². The van der Waals surface area contributed by atoms with Crippen LogP contribution in [-0.4, -0.2) is 46.0 Å². The van der Waals surface area contributed by atoms with Crippen LogP contribution in [0, 0.1) is 11.2 Å². The van der Waals surface area contributed by atoms with Crippen LogP contribution in [-0.2, 0) is 20.7 Å². The van der Waals surface area contributed by atoms with Gasteiger partial charge in [-0.2, -0.15) is 0 Å². The van der Waals surface area contributed by atoms with Crippen molar-refractivity contribution < 1.29 is 23.4 Å². The standard InChI is InChI=1S/C24H30FNO4/c1-17(16-28-2)26-23(27)24(10-12-30-13-11-24)15-18-4-6-19(7-5-18)21-14-20(25)8-9-22(21)29-3/h4-9,14,17H,10-13,15-16H2,1-3H3,(H,26,27). The lowest BCUT2D eigenvalue weighted by molar-refractivity contribution is -0.137. The number of carbonyl (C=O) groups excluding carboxylic acids is 1. The van der Waals surface area contributed by atoms with Crippen LogP contribution in [0.5, 0.6) is 5.75 Å². The predicted octanol–water partition coefficient (Wildman–Crippen LogP) is 3.99. The summed E-state index contributed by atoms with van der Waals surface area (Å²) in [5, 5.41) is 3.09. The van der Waals surface area contributed by atoms with Gasteiger partial charge in [0, 0.05) is 31.9 Å². The number of hydrogen-bond acceptors (Lipinski definition) is 4. The molecule has 1 atom stereocenters. The normalized spacial score (nSPS) is 16.7. The number of amides is 1. The van der Waals surface area contributed by atoms with E-state index >= 15 is 0 Å². The summed E-state index contributed by atoms with van der Waals surface area (Å²) in [5.41, 5.74) is 2.13. The molecule has 3 rings (SSSR count). The second kappa shape index (κ2) is 10.0. The average molecular weight is 416 g/mol. The molecule has 1 heterocycles. The van der Waals surface area contributed by atoms with Gasteiger partial charge in [0.2, 0.25) is 5.91 Å². The van der Waals surface area contributed by atoms with Gasteiger partial charge in [-0.1, -0.05) is 24.3 Å². The molecule has 1 aliphatic rings. The van der Waals surface area contributed by atoms with Gasteiger partial charge in [0.15, 0.2) is 0 Å². The van der Waals surface area contributed by atoms with Crippen molar-refractivity contribution in [2.75, 3.05) is 34.0 Å². The van der Waals surface area contributed by atoms with E-state index in [2.05, 4.69) is 5.32 Å². The molecule has 0 radical (unpaired) electrons. The molecule has 1 unspecified atom stereocenters. The summed E-state index contributed by atoms with van der Waals surface area (Å²) in [6.07, 6.45) is 1.98. The second-order valence-electron chi connectivity index (χ2n) is 7.94. The van der Waals surface area contributed by atoms with Gasteiger partial charge in [0.05, 0.1) is 19.1 Å². The van der Waals surface area contributed by atoms with Crippen LogP contribution in [0.3, 0.4) is 0 Å². The average Bonchev–Trinajstić information content (AvgIpc) is 2.75. The summed E-state index contributed by atoms with van der Waals surface area (Å²) in [6, 6.07) is 12.3. The highest BCUT2D eigenvalue weighted by atomic mass is 19.1. The van der Waals surface area contributed by atoms with Crippen LogP contribution < -0.4 is 10.1 Å². The Bertz CT molecular complexity index is 847. The summed E-state index contributed by atoms with van der Waals surface area (Å²) in [4.78, 5) is 13.1. The number of halogens is 1. The monoisotopic (exact) mass is 415 g/mol. The number of ether oxygens (including phenoxy) is 3. The van der Waals surface area contributed by atoms with Crippen molar-refractivity contribution in [3.05, 3.63) is 53.8 Å². The number of hydrogen-bond donors (Lipinski definition) is 1. The van der Waals surface area contributed by atoms with Gasteiger partial charge in [0.25, 0.3) is 0 Å². The van der Waals surface area contributed by atoms with E-state index in [-0.39, 0.29) is 17.8 Å². The summed E-state index contributed by atoms with van der Waals surface area (Å²) >= 11 is 0. The minimum Gasteiger partial charge on any atom is -0.496 e. The highest BCUT2D eigenvalue weighted by Gasteiger charge is 2.40. The van der Waals surface area contributed by atoms with Crippen molar-refractivity contribution in [1.29, 1.82) is 0 Å². The number of carbonyl (C=O) groups is 1. The zero-order valence-electron chi connectivity index (χ0n) is 17.9. The molecule has 1 amide bonds. The summed E-state index contributed by atoms with van der Waals surface area (Å²) in [5.74, 6) is 0.362. The van der Waals surface area contributed by atoms with Gasteiger partial charge in [-0.25, -0.2) is 4.39 Å². The second-order valence-corrected chi connectivity index (χ2v) is 7.94. The van der Waals surface area contributed by atoms with E-state index in [1.807, 2.05) is 31.2 Å². The summed E-state index contributed by atoms with van der Waals surface area (Å²) in [6.45, 7) is 3.56. The van der Waals surface area contributed by atoms with Crippen molar-refractivity contribution in [3.63, 3.8) is 0 Å². The van der Waals surface area contributed by atoms with E-state index in [9.17, 15) is 9.18 Å². The molecule has 2 aromatic rings. The Morgan fingerprint density at radius 2 is 1.87 bits per heavy atom. The molecule has 1 saturated heterocycles. The zero-order chi connectivity index (χ0) is 21.6. The van der Waals surface area contributed by atoms with E-state index in [1.54, 1.807) is 20.3 Å². The van der Waals surface area contributed by atoms with Crippen molar-refractivity contribution in [2.24, 2.45) is 5.41 Å². The van der Waals surface area contributed by atoms with Gasteiger partial charge in [-0.3, -0.25) is 4.79 Å². The van der Waals surface area contributed by atoms with Crippen LogP contribution >= 0.6 is 0 Å². The Balaban J connectivity index is 1.80. The van der Waals surface area contributed by atoms with Gasteiger partial charge >= 0.3 is 0 Å². The first kappa shape index (κ1) is 22.2. The molecule has 1 fully saturated rings. The van der Waals surface area contributed by atoms with Gasteiger partial charge in [0.1, 0.15) is 11.6 Å². The Hall–Kier alpha value is -2.44. The van der Waals surface area contributed by atoms with E-state index < -0.39 is 5.41 Å². The van der Waals surface area contributed by atoms with Crippen molar-refractivity contribution >= 4 is 5.91 Å². The molecule has 0 aliphatic carbocycles. The highest BCUT2D eigenvalue weighted by Crippen LogP contribution is 2.36. The first-order valence-electron chi connectivity index (χ1n) is 10.3. The maximum atomic E-state index is 13.7. The predicted molar refractivity (Wildman–Crippen MR) is 114 cm³/mol. The SMILES string of the molecule is COCC(C)NC(=O)C1(Cc2ccc(-c3cc(F)ccc3OC)cc2)CCOCC1. The fraction of sp³-hybridized carbons (Fsp3) is 0.458. The molecule has 162 valence electrons. The van der Waals surface area contributed by atoms with Crippen LogP contribution in [0.15, 0.2) is 42.5 Å². The number of nitrogens with one attached hydrogen (secondary N) is 1. The van der Waals surface area contributed by atoms with E-state index in [0.29, 0.717) is 50.4 Å². The number of rotatable bonds is 8. The summed E-state index contributed by atoms with van der Waals surface area (Å²) in [7, 11) is 3.20. The third kappa shape index (κ3) is 5.18.